The Bertz CT molecular complexity index is 891. The van der Waals surface area contributed by atoms with Crippen LogP contribution >= 0.6 is 0 Å². The van der Waals surface area contributed by atoms with E-state index < -0.39 is 0 Å². The first kappa shape index (κ1) is 14.3. The number of aromatic nitrogens is 5. The highest BCUT2D eigenvalue weighted by Gasteiger charge is 2.19. The van der Waals surface area contributed by atoms with Crippen LogP contribution in [-0.2, 0) is 0 Å². The highest BCUT2D eigenvalue weighted by Crippen LogP contribution is 2.31. The van der Waals surface area contributed by atoms with Crippen molar-refractivity contribution >= 4 is 0 Å². The van der Waals surface area contributed by atoms with Crippen LogP contribution < -0.4 is 0 Å². The average Bonchev–Trinajstić information content (AvgIpc) is 3.25. The lowest BCUT2D eigenvalue weighted by atomic mass is 10.1. The predicted molar refractivity (Wildman–Crippen MR) is 84.8 cm³/mol. The van der Waals surface area contributed by atoms with Crippen LogP contribution in [0.5, 0.6) is 0 Å². The molecule has 2 aromatic heterocycles. The maximum atomic E-state index is 13.1. The number of rotatable bonds is 3. The lowest BCUT2D eigenvalue weighted by Crippen LogP contribution is -2.00. The van der Waals surface area contributed by atoms with Gasteiger partial charge in [-0.2, -0.15) is 4.68 Å². The van der Waals surface area contributed by atoms with Gasteiger partial charge >= 0.3 is 0 Å². The van der Waals surface area contributed by atoms with E-state index in [1.165, 1.54) is 12.1 Å². The standard InChI is InChI=1S/C17H12FN5O/c1-11-2-8-14(9-3-11)23-17(20-21-22-23)15-10-19-24-16(15)12-4-6-13(18)7-5-12/h2-10H,1H3. The summed E-state index contributed by atoms with van der Waals surface area (Å²) in [4.78, 5) is 0. The van der Waals surface area contributed by atoms with Gasteiger partial charge in [0.1, 0.15) is 5.82 Å². The maximum Gasteiger partial charge on any atom is 0.192 e. The van der Waals surface area contributed by atoms with Gasteiger partial charge in [0, 0.05) is 5.56 Å². The van der Waals surface area contributed by atoms with Crippen LogP contribution in [0.1, 0.15) is 5.56 Å². The number of halogens is 1. The third-order valence-electron chi connectivity index (χ3n) is 3.67. The van der Waals surface area contributed by atoms with Crippen molar-refractivity contribution in [2.45, 2.75) is 6.92 Å². The molecular formula is C17H12FN5O. The van der Waals surface area contributed by atoms with Crippen LogP contribution in [0.4, 0.5) is 4.39 Å². The van der Waals surface area contributed by atoms with Gasteiger partial charge in [-0.25, -0.2) is 4.39 Å². The van der Waals surface area contributed by atoms with Gasteiger partial charge < -0.3 is 4.52 Å². The largest absolute Gasteiger partial charge is 0.356 e. The van der Waals surface area contributed by atoms with E-state index in [9.17, 15) is 4.39 Å². The fourth-order valence-electron chi connectivity index (χ4n) is 2.42. The molecule has 0 fully saturated rings. The molecule has 0 amide bonds. The van der Waals surface area contributed by atoms with Crippen molar-refractivity contribution in [2.75, 3.05) is 0 Å². The Labute approximate surface area is 136 Å². The number of hydrogen-bond acceptors (Lipinski definition) is 5. The second kappa shape index (κ2) is 5.69. The molecule has 0 spiro atoms. The molecule has 4 aromatic rings. The van der Waals surface area contributed by atoms with Crippen LogP contribution in [0, 0.1) is 12.7 Å². The minimum atomic E-state index is -0.315. The lowest BCUT2D eigenvalue weighted by molar-refractivity contribution is 0.432. The van der Waals surface area contributed by atoms with E-state index in [1.807, 2.05) is 31.2 Å². The molecule has 0 aliphatic carbocycles. The molecular weight excluding hydrogens is 309 g/mol. The van der Waals surface area contributed by atoms with Gasteiger partial charge in [-0.05, 0) is 53.7 Å². The number of nitrogens with zero attached hydrogens (tertiary/aromatic N) is 5. The van der Waals surface area contributed by atoms with E-state index in [-0.39, 0.29) is 5.82 Å². The topological polar surface area (TPSA) is 69.6 Å². The predicted octanol–water partition coefficient (Wildman–Crippen LogP) is 3.43. The van der Waals surface area contributed by atoms with Gasteiger partial charge in [-0.3, -0.25) is 0 Å². The molecule has 0 radical (unpaired) electrons. The Hall–Kier alpha value is -3.35. The number of hydrogen-bond donors (Lipinski definition) is 0. The monoisotopic (exact) mass is 321 g/mol. The highest BCUT2D eigenvalue weighted by molar-refractivity contribution is 5.75. The van der Waals surface area contributed by atoms with E-state index in [4.69, 9.17) is 4.52 Å². The molecule has 0 saturated heterocycles. The van der Waals surface area contributed by atoms with Crippen molar-refractivity contribution in [1.29, 1.82) is 0 Å². The minimum Gasteiger partial charge on any atom is -0.356 e. The Morgan fingerprint density at radius 2 is 1.75 bits per heavy atom. The zero-order valence-electron chi connectivity index (χ0n) is 12.7. The molecule has 2 heterocycles. The van der Waals surface area contributed by atoms with E-state index in [2.05, 4.69) is 20.7 Å². The molecule has 7 heteroatoms. The summed E-state index contributed by atoms with van der Waals surface area (Å²) in [7, 11) is 0. The van der Waals surface area contributed by atoms with Gasteiger partial charge in [0.05, 0.1) is 17.4 Å². The Kier molecular flexibility index (Phi) is 3.38. The summed E-state index contributed by atoms with van der Waals surface area (Å²) in [5, 5.41) is 15.7. The average molecular weight is 321 g/mol. The number of tetrazole rings is 1. The highest BCUT2D eigenvalue weighted by atomic mass is 19.1. The van der Waals surface area contributed by atoms with Crippen molar-refractivity contribution in [3.8, 4) is 28.4 Å². The zero-order chi connectivity index (χ0) is 16.5. The molecule has 6 nitrogen and oxygen atoms in total. The van der Waals surface area contributed by atoms with Crippen molar-refractivity contribution in [3.63, 3.8) is 0 Å². The van der Waals surface area contributed by atoms with Crippen molar-refractivity contribution in [3.05, 3.63) is 66.1 Å². The first-order chi connectivity index (χ1) is 11.7. The summed E-state index contributed by atoms with van der Waals surface area (Å²) < 4.78 is 20.1. The molecule has 2 aromatic carbocycles. The first-order valence-electron chi connectivity index (χ1n) is 7.29. The molecule has 0 bridgehead atoms. The molecule has 0 aliphatic heterocycles. The smallest absolute Gasteiger partial charge is 0.192 e. The summed E-state index contributed by atoms with van der Waals surface area (Å²) in [5.41, 5.74) is 3.30. The Morgan fingerprint density at radius 3 is 2.50 bits per heavy atom. The lowest BCUT2D eigenvalue weighted by Gasteiger charge is -2.05. The van der Waals surface area contributed by atoms with Gasteiger partial charge in [-0.15, -0.1) is 5.10 Å². The first-order valence-corrected chi connectivity index (χ1v) is 7.29. The fourth-order valence-corrected chi connectivity index (χ4v) is 2.42. The van der Waals surface area contributed by atoms with Gasteiger partial charge in [0.2, 0.25) is 0 Å². The molecule has 4 rings (SSSR count). The third-order valence-corrected chi connectivity index (χ3v) is 3.67. The number of aryl methyl sites for hydroxylation is 1. The Balaban J connectivity index is 1.82. The second-order valence-electron chi connectivity index (χ2n) is 5.33. The maximum absolute atomic E-state index is 13.1. The fraction of sp³-hybridized carbons (Fsp3) is 0.0588. The van der Waals surface area contributed by atoms with Gasteiger partial charge in [0.15, 0.2) is 11.6 Å². The SMILES string of the molecule is Cc1ccc(-n2nnnc2-c2cnoc2-c2ccc(F)cc2)cc1. The van der Waals surface area contributed by atoms with Gasteiger partial charge in [0.25, 0.3) is 0 Å². The van der Waals surface area contributed by atoms with Crippen LogP contribution in [-0.4, -0.2) is 25.4 Å². The molecule has 0 N–H and O–H groups in total. The molecule has 0 saturated carbocycles. The second-order valence-corrected chi connectivity index (χ2v) is 5.33. The zero-order valence-corrected chi connectivity index (χ0v) is 12.7. The Morgan fingerprint density at radius 1 is 1.00 bits per heavy atom. The van der Waals surface area contributed by atoms with Crippen LogP contribution in [0.3, 0.4) is 0 Å². The molecule has 118 valence electrons. The molecule has 0 atom stereocenters. The summed E-state index contributed by atoms with van der Waals surface area (Å²) in [5.74, 6) is 0.668. The van der Waals surface area contributed by atoms with Crippen molar-refractivity contribution in [1.82, 2.24) is 25.4 Å². The molecule has 0 aliphatic rings. The van der Waals surface area contributed by atoms with E-state index in [0.717, 1.165) is 11.3 Å². The summed E-state index contributed by atoms with van der Waals surface area (Å²) in [6.45, 7) is 2.01. The van der Waals surface area contributed by atoms with Crippen LogP contribution in [0.2, 0.25) is 0 Å². The van der Waals surface area contributed by atoms with E-state index in [1.54, 1.807) is 23.0 Å². The summed E-state index contributed by atoms with van der Waals surface area (Å²) in [6, 6.07) is 13.8. The van der Waals surface area contributed by atoms with Crippen LogP contribution in [0.15, 0.2) is 59.3 Å². The van der Waals surface area contributed by atoms with E-state index >= 15 is 0 Å². The molecule has 0 unspecified atom stereocenters. The van der Waals surface area contributed by atoms with Gasteiger partial charge in [-0.1, -0.05) is 22.9 Å². The van der Waals surface area contributed by atoms with Crippen molar-refractivity contribution < 1.29 is 8.91 Å². The number of benzene rings is 2. The quantitative estimate of drug-likeness (QED) is 0.578. The van der Waals surface area contributed by atoms with Crippen molar-refractivity contribution in [2.24, 2.45) is 0 Å². The summed E-state index contributed by atoms with van der Waals surface area (Å²) in [6.07, 6.45) is 1.55. The third kappa shape index (κ3) is 2.45. The minimum absolute atomic E-state index is 0.315. The van der Waals surface area contributed by atoms with Crippen LogP contribution in [0.25, 0.3) is 28.4 Å². The van der Waals surface area contributed by atoms with E-state index in [0.29, 0.717) is 22.7 Å². The summed E-state index contributed by atoms with van der Waals surface area (Å²) >= 11 is 0. The molecule has 24 heavy (non-hydrogen) atoms. The normalized spacial score (nSPS) is 10.9.